The number of phenols is 1. The molecule has 12 heteroatoms. The van der Waals surface area contributed by atoms with E-state index in [1.807, 2.05) is 72.8 Å². The third-order valence-corrected chi connectivity index (χ3v) is 17.3. The first-order valence-electron chi connectivity index (χ1n) is 21.2. The highest BCUT2D eigenvalue weighted by molar-refractivity contribution is 6.74. The number of anilines is 2. The van der Waals surface area contributed by atoms with Crippen molar-refractivity contribution in [3.63, 3.8) is 0 Å². The van der Waals surface area contributed by atoms with Crippen LogP contribution < -0.4 is 21.1 Å². The van der Waals surface area contributed by atoms with Crippen LogP contribution in [0.3, 0.4) is 0 Å². The number of piperidine rings is 3. The number of aromatic hydroxyl groups is 1. The number of nitrogens with zero attached hydrogens (tertiary/aromatic N) is 2. The van der Waals surface area contributed by atoms with Crippen LogP contribution in [0.2, 0.25) is 18.1 Å². The molecule has 5 N–H and O–H groups in total. The Labute approximate surface area is 353 Å². The maximum atomic E-state index is 13.1. The zero-order valence-electron chi connectivity index (χ0n) is 35.5. The SMILES string of the molecule is CC(C)(C)[Si](C)(C)O[C@H](CNCc1ccc(NC(=O)CCCc2ccc(-c3ccccc3)c(N(C(=O)O)[C@H]3CN4CCC3CC4)c2)cc1)c1ccc(O)c2[nH]c(=O)ccc12. The minimum Gasteiger partial charge on any atom is -0.506 e. The Morgan fingerprint density at radius 1 is 0.950 bits per heavy atom. The van der Waals surface area contributed by atoms with Crippen LogP contribution in [0.4, 0.5) is 16.2 Å². The number of carbonyl (C=O) groups is 2. The highest BCUT2D eigenvalue weighted by Gasteiger charge is 2.41. The molecule has 0 aliphatic carbocycles. The van der Waals surface area contributed by atoms with E-state index in [2.05, 4.69) is 60.4 Å². The molecular formula is C48H59N5O6Si. The van der Waals surface area contributed by atoms with Crippen molar-refractivity contribution in [3.05, 3.63) is 124 Å². The van der Waals surface area contributed by atoms with Crippen LogP contribution in [0.5, 0.6) is 5.75 Å². The number of fused-ring (bicyclic) bond motifs is 4. The largest absolute Gasteiger partial charge is 0.506 e. The monoisotopic (exact) mass is 829 g/mol. The van der Waals surface area contributed by atoms with Gasteiger partial charge in [0, 0.05) is 48.8 Å². The lowest BCUT2D eigenvalue weighted by molar-refractivity contribution is -0.116. The second-order valence-corrected chi connectivity index (χ2v) is 22.7. The van der Waals surface area contributed by atoms with E-state index in [0.717, 1.165) is 71.4 Å². The van der Waals surface area contributed by atoms with Gasteiger partial charge in [-0.15, -0.1) is 0 Å². The van der Waals surface area contributed by atoms with E-state index in [1.165, 1.54) is 6.07 Å². The van der Waals surface area contributed by atoms with Crippen molar-refractivity contribution in [1.82, 2.24) is 15.2 Å². The number of carboxylic acid groups (broad SMARTS) is 1. The highest BCUT2D eigenvalue weighted by atomic mass is 28.4. The van der Waals surface area contributed by atoms with Crippen molar-refractivity contribution in [1.29, 1.82) is 0 Å². The number of rotatable bonds is 15. The van der Waals surface area contributed by atoms with Crippen LogP contribution in [0.15, 0.2) is 102 Å². The average molecular weight is 830 g/mol. The summed E-state index contributed by atoms with van der Waals surface area (Å²) in [5.74, 6) is 0.290. The van der Waals surface area contributed by atoms with Crippen LogP contribution in [0, 0.1) is 5.92 Å². The molecule has 4 heterocycles. The van der Waals surface area contributed by atoms with Gasteiger partial charge < -0.3 is 35.2 Å². The summed E-state index contributed by atoms with van der Waals surface area (Å²) < 4.78 is 6.94. The summed E-state index contributed by atoms with van der Waals surface area (Å²) in [5.41, 5.74) is 6.38. The number of aromatic nitrogens is 1. The molecule has 4 aromatic carbocycles. The van der Waals surface area contributed by atoms with Gasteiger partial charge in [-0.2, -0.15) is 0 Å². The zero-order valence-corrected chi connectivity index (χ0v) is 36.5. The normalized spacial score (nSPS) is 18.3. The van der Waals surface area contributed by atoms with Gasteiger partial charge in [0.05, 0.1) is 23.3 Å². The number of nitrogens with one attached hydrogen (secondary N) is 3. The number of carbonyl (C=O) groups excluding carboxylic acids is 1. The molecule has 0 saturated carbocycles. The van der Waals surface area contributed by atoms with Crippen molar-refractivity contribution >= 4 is 42.6 Å². The van der Waals surface area contributed by atoms with Crippen LogP contribution >= 0.6 is 0 Å². The molecule has 316 valence electrons. The first-order chi connectivity index (χ1) is 28.7. The molecule has 0 unspecified atom stereocenters. The van der Waals surface area contributed by atoms with Crippen LogP contribution in [0.1, 0.15) is 69.2 Å². The zero-order chi connectivity index (χ0) is 42.6. The molecule has 3 aliphatic heterocycles. The fraction of sp³-hybridized carbons (Fsp3) is 0.396. The van der Waals surface area contributed by atoms with Crippen molar-refractivity contribution in [3.8, 4) is 16.9 Å². The number of aromatic amines is 1. The smallest absolute Gasteiger partial charge is 0.412 e. The van der Waals surface area contributed by atoms with Crippen molar-refractivity contribution in [2.45, 2.75) is 89.7 Å². The van der Waals surface area contributed by atoms with Crippen molar-refractivity contribution in [2.24, 2.45) is 5.92 Å². The molecule has 1 aromatic heterocycles. The molecule has 5 aromatic rings. The van der Waals surface area contributed by atoms with Crippen LogP contribution in [-0.2, 0) is 22.2 Å². The second-order valence-electron chi connectivity index (χ2n) is 18.0. The molecule has 2 bridgehead atoms. The Morgan fingerprint density at radius 3 is 2.33 bits per heavy atom. The third kappa shape index (κ3) is 9.84. The summed E-state index contributed by atoms with van der Waals surface area (Å²) in [6.45, 7) is 14.9. The number of hydrogen-bond donors (Lipinski definition) is 5. The number of amides is 2. The van der Waals surface area contributed by atoms with Crippen LogP contribution in [0.25, 0.3) is 22.0 Å². The van der Waals surface area contributed by atoms with Gasteiger partial charge in [0.25, 0.3) is 0 Å². The second kappa shape index (κ2) is 18.1. The van der Waals surface area contributed by atoms with E-state index in [-0.39, 0.29) is 34.4 Å². The van der Waals surface area contributed by atoms with E-state index in [0.29, 0.717) is 49.5 Å². The molecule has 8 rings (SSSR count). The number of hydrogen-bond acceptors (Lipinski definition) is 7. The van der Waals surface area contributed by atoms with Gasteiger partial charge >= 0.3 is 6.09 Å². The first-order valence-corrected chi connectivity index (χ1v) is 24.1. The standard InChI is InChI=1S/C48H59N5O6Si/c1-48(2,3)60(4,5)59-43(38-20-22-42(54)46-39(38)21-23-45(56)51-46)30-49-29-33-14-17-36(18-15-33)50-44(55)13-9-10-32-16-19-37(34-11-7-6-8-12-34)40(28-32)53(47(57)58)41-31-52-26-24-35(41)25-27-52/h6-8,11-12,14-23,28,35,41,43,49,54H,9-10,13,24-27,29-31H2,1-5H3,(H,50,55)(H,51,56)(H,57,58)/t41-,43+/m0/s1. The number of phenolic OH excluding ortho intramolecular Hbond substituents is 1. The molecule has 2 amide bonds. The molecule has 2 atom stereocenters. The summed E-state index contributed by atoms with van der Waals surface area (Å²) >= 11 is 0. The van der Waals surface area contributed by atoms with Gasteiger partial charge in [-0.05, 0) is 115 Å². The average Bonchev–Trinajstić information content (AvgIpc) is 3.22. The van der Waals surface area contributed by atoms with E-state index in [1.54, 1.807) is 17.0 Å². The predicted octanol–water partition coefficient (Wildman–Crippen LogP) is 9.29. The maximum absolute atomic E-state index is 13.1. The Kier molecular flexibility index (Phi) is 13.0. The van der Waals surface area contributed by atoms with Gasteiger partial charge in [0.15, 0.2) is 8.32 Å². The van der Waals surface area contributed by atoms with Gasteiger partial charge in [0.1, 0.15) is 5.75 Å². The third-order valence-electron chi connectivity index (χ3n) is 12.8. The molecule has 3 fully saturated rings. The van der Waals surface area contributed by atoms with Crippen molar-refractivity contribution < 1.29 is 24.2 Å². The number of benzene rings is 4. The molecular weight excluding hydrogens is 771 g/mol. The van der Waals surface area contributed by atoms with Gasteiger partial charge in [-0.3, -0.25) is 14.5 Å². The topological polar surface area (TPSA) is 147 Å². The van der Waals surface area contributed by atoms with E-state index in [4.69, 9.17) is 4.43 Å². The number of pyridine rings is 1. The molecule has 0 radical (unpaired) electrons. The first kappa shape index (κ1) is 42.8. The number of aryl methyl sites for hydroxylation is 1. The lowest BCUT2D eigenvalue weighted by Gasteiger charge is -2.48. The molecule has 3 aliphatic rings. The minimum atomic E-state index is -2.22. The Bertz CT molecular complexity index is 2350. The Hall–Kier alpha value is -5.27. The summed E-state index contributed by atoms with van der Waals surface area (Å²) in [5, 5.41) is 28.5. The quantitative estimate of drug-likeness (QED) is 0.0657. The summed E-state index contributed by atoms with van der Waals surface area (Å²) in [4.78, 5) is 44.9. The molecule has 11 nitrogen and oxygen atoms in total. The van der Waals surface area contributed by atoms with Crippen LogP contribution in [-0.4, -0.2) is 72.6 Å². The van der Waals surface area contributed by atoms with Gasteiger partial charge in [-0.1, -0.05) is 81.4 Å². The predicted molar refractivity (Wildman–Crippen MR) is 242 cm³/mol. The van der Waals surface area contributed by atoms with E-state index in [9.17, 15) is 24.6 Å². The lowest BCUT2D eigenvalue weighted by atomic mass is 9.82. The fourth-order valence-corrected chi connectivity index (χ4v) is 9.74. The Morgan fingerprint density at radius 2 is 1.67 bits per heavy atom. The van der Waals surface area contributed by atoms with E-state index < -0.39 is 14.4 Å². The van der Waals surface area contributed by atoms with E-state index >= 15 is 0 Å². The maximum Gasteiger partial charge on any atom is 0.412 e. The molecule has 60 heavy (non-hydrogen) atoms. The fourth-order valence-electron chi connectivity index (χ4n) is 8.46. The van der Waals surface area contributed by atoms with Gasteiger partial charge in [0.2, 0.25) is 11.5 Å². The Balaban J connectivity index is 0.966. The van der Waals surface area contributed by atoms with Crippen molar-refractivity contribution in [2.75, 3.05) is 36.4 Å². The summed E-state index contributed by atoms with van der Waals surface area (Å²) in [6.07, 6.45) is 2.38. The molecule has 3 saturated heterocycles. The number of H-pyrrole nitrogens is 1. The highest BCUT2D eigenvalue weighted by Crippen LogP contribution is 2.42. The summed E-state index contributed by atoms with van der Waals surface area (Å²) in [7, 11) is -2.22. The molecule has 0 spiro atoms. The summed E-state index contributed by atoms with van der Waals surface area (Å²) in [6, 6.07) is 30.5. The minimum absolute atomic E-state index is 0.0178. The van der Waals surface area contributed by atoms with Gasteiger partial charge in [-0.25, -0.2) is 4.79 Å². The lowest BCUT2D eigenvalue weighted by Crippen LogP contribution is -2.59.